The van der Waals surface area contributed by atoms with Crippen LogP contribution in [0.2, 0.25) is 0 Å². The summed E-state index contributed by atoms with van der Waals surface area (Å²) in [5.41, 5.74) is 5.01. The molecule has 1 unspecified atom stereocenters. The highest BCUT2D eigenvalue weighted by molar-refractivity contribution is 7.86. The molecule has 3 aromatic carbocycles. The third-order valence-corrected chi connectivity index (χ3v) is 6.28. The smallest absolute Gasteiger partial charge is 0.366 e. The van der Waals surface area contributed by atoms with E-state index in [4.69, 9.17) is 5.73 Å². The average molecular weight is 462 g/mol. The molecule has 0 spiro atoms. The van der Waals surface area contributed by atoms with Crippen molar-refractivity contribution >= 4 is 44.3 Å². The van der Waals surface area contributed by atoms with E-state index >= 15 is 0 Å². The van der Waals surface area contributed by atoms with E-state index in [0.717, 1.165) is 23.7 Å². The molecule has 0 saturated carbocycles. The number of rotatable bonds is 5. The zero-order chi connectivity index (χ0) is 22.2. The van der Waals surface area contributed by atoms with E-state index in [2.05, 4.69) is 14.1 Å². The molecule has 158 valence electrons. The van der Waals surface area contributed by atoms with Crippen LogP contribution >= 0.6 is 11.5 Å². The molecule has 1 heterocycles. The Labute approximate surface area is 180 Å². The molecule has 0 radical (unpaired) electrons. The number of carbonyl (C=O) groups excluding carboxylic acids is 1. The van der Waals surface area contributed by atoms with Crippen LogP contribution in [0.4, 0.5) is 18.3 Å². The molecule has 0 fully saturated rings. The van der Waals surface area contributed by atoms with Gasteiger partial charge in [-0.25, -0.2) is 9.19 Å². The minimum Gasteiger partial charge on any atom is -0.366 e. The van der Waals surface area contributed by atoms with Crippen molar-refractivity contribution in [3.05, 3.63) is 72.1 Å². The number of aromatic nitrogens is 2. The van der Waals surface area contributed by atoms with Gasteiger partial charge in [-0.05, 0) is 46.2 Å². The summed E-state index contributed by atoms with van der Waals surface area (Å²) in [5, 5.41) is 1.77. The average Bonchev–Trinajstić information content (AvgIpc) is 3.24. The minimum atomic E-state index is -4.60. The maximum atomic E-state index is 13.1. The molecule has 6 nitrogen and oxygen atoms in total. The number of halogens is 3. The summed E-state index contributed by atoms with van der Waals surface area (Å²) < 4.78 is 58.4. The number of carbonyl (C=O) groups is 1. The van der Waals surface area contributed by atoms with Crippen LogP contribution in [0.25, 0.3) is 21.9 Å². The highest BCUT2D eigenvalue weighted by atomic mass is 32.2. The first kappa shape index (κ1) is 20.9. The molecule has 0 aliphatic heterocycles. The standard InChI is InChI=1S/C20H13F3N4O2S2/c21-20(22,23)12-4-6-16(17(9-12)18(24)28)15-3-1-2-11-8-13(5-7-14(11)15)31(29)27-19-25-10-26-30-19/h1-10H,(H2,24,28)(H,25,26,27). The first-order chi connectivity index (χ1) is 14.7. The highest BCUT2D eigenvalue weighted by Crippen LogP contribution is 2.36. The van der Waals surface area contributed by atoms with Gasteiger partial charge in [-0.3, -0.25) is 9.52 Å². The van der Waals surface area contributed by atoms with Gasteiger partial charge in [0.1, 0.15) is 6.33 Å². The van der Waals surface area contributed by atoms with Gasteiger partial charge in [0.2, 0.25) is 11.0 Å². The SMILES string of the molecule is NC(=O)c1cc(C(F)(F)F)ccc1-c1cccc2cc(S(=O)Nc3ncns3)ccc12. The molecule has 1 atom stereocenters. The van der Waals surface area contributed by atoms with E-state index in [1.807, 2.05) is 0 Å². The Hall–Kier alpha value is -3.31. The maximum absolute atomic E-state index is 13.1. The zero-order valence-electron chi connectivity index (χ0n) is 15.5. The van der Waals surface area contributed by atoms with Gasteiger partial charge in [-0.2, -0.15) is 17.5 Å². The van der Waals surface area contributed by atoms with Gasteiger partial charge in [0.05, 0.1) is 10.5 Å². The lowest BCUT2D eigenvalue weighted by atomic mass is 9.93. The summed E-state index contributed by atoms with van der Waals surface area (Å²) in [6.45, 7) is 0. The van der Waals surface area contributed by atoms with Crippen LogP contribution < -0.4 is 10.5 Å². The van der Waals surface area contributed by atoms with Crippen molar-refractivity contribution in [2.75, 3.05) is 4.72 Å². The Balaban J connectivity index is 1.79. The topological polar surface area (TPSA) is 98.0 Å². The molecule has 0 aliphatic rings. The van der Waals surface area contributed by atoms with Crippen molar-refractivity contribution in [1.82, 2.24) is 9.36 Å². The first-order valence-corrected chi connectivity index (χ1v) is 10.7. The third kappa shape index (κ3) is 4.28. The van der Waals surface area contributed by atoms with E-state index in [-0.39, 0.29) is 11.1 Å². The fourth-order valence-electron chi connectivity index (χ4n) is 3.13. The van der Waals surface area contributed by atoms with Gasteiger partial charge in [0.15, 0.2) is 11.0 Å². The molecule has 3 N–H and O–H groups in total. The maximum Gasteiger partial charge on any atom is 0.416 e. The number of nitrogens with two attached hydrogens (primary N) is 1. The Morgan fingerprint density at radius 3 is 2.55 bits per heavy atom. The zero-order valence-corrected chi connectivity index (χ0v) is 17.1. The minimum absolute atomic E-state index is 0.229. The van der Waals surface area contributed by atoms with E-state index in [9.17, 15) is 22.2 Å². The summed E-state index contributed by atoms with van der Waals surface area (Å²) in [6.07, 6.45) is -3.25. The summed E-state index contributed by atoms with van der Waals surface area (Å²) in [6, 6.07) is 13.1. The van der Waals surface area contributed by atoms with E-state index in [1.165, 1.54) is 12.4 Å². The number of hydrogen-bond donors (Lipinski definition) is 2. The molecule has 0 bridgehead atoms. The van der Waals surface area contributed by atoms with Crippen molar-refractivity contribution in [2.24, 2.45) is 5.73 Å². The predicted octanol–water partition coefficient (Wildman–Crippen LogP) is 4.61. The lowest BCUT2D eigenvalue weighted by Gasteiger charge is -2.14. The molecule has 1 aromatic heterocycles. The number of nitrogens with one attached hydrogen (secondary N) is 1. The number of nitrogens with zero attached hydrogens (tertiary/aromatic N) is 2. The van der Waals surface area contributed by atoms with Crippen molar-refractivity contribution in [2.45, 2.75) is 11.1 Å². The number of alkyl halides is 3. The Morgan fingerprint density at radius 1 is 1.06 bits per heavy atom. The summed E-state index contributed by atoms with van der Waals surface area (Å²) in [5.74, 6) is -0.961. The number of anilines is 1. The quantitative estimate of drug-likeness (QED) is 0.453. The summed E-state index contributed by atoms with van der Waals surface area (Å²) in [7, 11) is -1.59. The number of amides is 1. The molecule has 31 heavy (non-hydrogen) atoms. The molecule has 4 aromatic rings. The van der Waals surface area contributed by atoms with Crippen molar-refractivity contribution in [1.29, 1.82) is 0 Å². The van der Waals surface area contributed by atoms with E-state index < -0.39 is 28.6 Å². The normalized spacial score (nSPS) is 12.6. The van der Waals surface area contributed by atoms with Crippen LogP contribution in [0, 0.1) is 0 Å². The fourth-order valence-corrected chi connectivity index (χ4v) is 4.55. The lowest BCUT2D eigenvalue weighted by molar-refractivity contribution is -0.137. The fraction of sp³-hybridized carbons (Fsp3) is 0.0500. The summed E-state index contributed by atoms with van der Waals surface area (Å²) >= 11 is 1.07. The molecule has 0 aliphatic carbocycles. The van der Waals surface area contributed by atoms with Gasteiger partial charge < -0.3 is 5.73 Å². The van der Waals surface area contributed by atoms with Gasteiger partial charge in [0.25, 0.3) is 0 Å². The predicted molar refractivity (Wildman–Crippen MR) is 113 cm³/mol. The second kappa shape index (κ2) is 8.08. The first-order valence-electron chi connectivity index (χ1n) is 8.73. The van der Waals surface area contributed by atoms with E-state index in [1.54, 1.807) is 36.4 Å². The Bertz CT molecular complexity index is 1310. The monoisotopic (exact) mass is 462 g/mol. The van der Waals surface area contributed by atoms with Gasteiger partial charge >= 0.3 is 6.18 Å². The third-order valence-electron chi connectivity index (χ3n) is 4.51. The van der Waals surface area contributed by atoms with Gasteiger partial charge in [-0.15, -0.1) is 0 Å². The number of benzene rings is 3. The number of primary amides is 1. The number of hydrogen-bond acceptors (Lipinski definition) is 5. The van der Waals surface area contributed by atoms with Gasteiger partial charge in [-0.1, -0.05) is 30.3 Å². The number of fused-ring (bicyclic) bond motifs is 1. The molecule has 11 heteroatoms. The van der Waals surface area contributed by atoms with Crippen LogP contribution in [0.15, 0.2) is 65.8 Å². The van der Waals surface area contributed by atoms with Crippen LogP contribution in [0.5, 0.6) is 0 Å². The Kier molecular flexibility index (Phi) is 5.46. The van der Waals surface area contributed by atoms with Crippen LogP contribution in [0.3, 0.4) is 0 Å². The molecule has 0 saturated heterocycles. The van der Waals surface area contributed by atoms with Gasteiger partial charge in [0, 0.05) is 17.1 Å². The van der Waals surface area contributed by atoms with Crippen molar-refractivity contribution in [3.63, 3.8) is 0 Å². The highest BCUT2D eigenvalue weighted by Gasteiger charge is 2.31. The van der Waals surface area contributed by atoms with Crippen molar-refractivity contribution in [3.8, 4) is 11.1 Å². The molecule has 4 rings (SSSR count). The largest absolute Gasteiger partial charge is 0.416 e. The second-order valence-corrected chi connectivity index (χ2v) is 8.42. The van der Waals surface area contributed by atoms with E-state index in [0.29, 0.717) is 26.4 Å². The second-order valence-electron chi connectivity index (χ2n) is 6.43. The van der Waals surface area contributed by atoms with Crippen LogP contribution in [0.1, 0.15) is 15.9 Å². The van der Waals surface area contributed by atoms with Crippen molar-refractivity contribution < 1.29 is 22.2 Å². The Morgan fingerprint density at radius 2 is 1.87 bits per heavy atom. The summed E-state index contributed by atoms with van der Waals surface area (Å²) in [4.78, 5) is 16.3. The molecule has 1 amide bonds. The van der Waals surface area contributed by atoms with Crippen LogP contribution in [-0.2, 0) is 17.2 Å². The molecular weight excluding hydrogens is 449 g/mol. The lowest BCUT2D eigenvalue weighted by Crippen LogP contribution is -2.15. The van der Waals surface area contributed by atoms with Crippen LogP contribution in [-0.4, -0.2) is 19.5 Å². The molecular formula is C20H13F3N4O2S2.